The zero-order chi connectivity index (χ0) is 15.3. The Morgan fingerprint density at radius 1 is 1.26 bits per heavy atom. The molecule has 4 heteroatoms. The minimum Gasteiger partial charge on any atom is -0.464 e. The normalized spacial score (nSPS) is 9.89. The van der Waals surface area contributed by atoms with Crippen molar-refractivity contribution >= 4 is 12.4 Å². The Morgan fingerprint density at radius 2 is 1.84 bits per heavy atom. The molecule has 0 rings (SSSR count). The van der Waals surface area contributed by atoms with Crippen LogP contribution in [0.4, 0.5) is 0 Å². The van der Waals surface area contributed by atoms with Gasteiger partial charge in [0, 0.05) is 0 Å². The summed E-state index contributed by atoms with van der Waals surface area (Å²) in [6.45, 7) is 13.7. The smallest absolute Gasteiger partial charge is 0.313 e. The van der Waals surface area contributed by atoms with E-state index in [1.54, 1.807) is 19.9 Å². The number of allylic oxidation sites excluding steroid dienone is 3. The van der Waals surface area contributed by atoms with Crippen molar-refractivity contribution in [2.45, 2.75) is 34.6 Å². The Labute approximate surface area is 115 Å². The number of carbonyl (C=O) groups is 2. The first-order valence-electron chi connectivity index (χ1n) is 6.03. The van der Waals surface area contributed by atoms with E-state index >= 15 is 0 Å². The van der Waals surface area contributed by atoms with Gasteiger partial charge in [0.25, 0.3) is 6.47 Å². The molecule has 0 aliphatic heterocycles. The molecule has 4 nitrogen and oxygen atoms in total. The van der Waals surface area contributed by atoms with Crippen molar-refractivity contribution in [2.24, 2.45) is 5.92 Å². The number of carbonyl (C=O) groups excluding carboxylic acids is 2. The molecule has 0 saturated carbocycles. The zero-order valence-electron chi connectivity index (χ0n) is 12.4. The van der Waals surface area contributed by atoms with E-state index in [9.17, 15) is 9.59 Å². The highest BCUT2D eigenvalue weighted by molar-refractivity contribution is 5.72. The molecule has 108 valence electrons. The highest BCUT2D eigenvalue weighted by Crippen LogP contribution is 1.99. The molecule has 0 unspecified atom stereocenters. The lowest BCUT2D eigenvalue weighted by atomic mass is 10.2. The van der Waals surface area contributed by atoms with Crippen LogP contribution >= 0.6 is 0 Å². The molecular weight excluding hydrogens is 244 g/mol. The quantitative estimate of drug-likeness (QED) is 0.185. The average molecular weight is 268 g/mol. The van der Waals surface area contributed by atoms with E-state index in [4.69, 9.17) is 4.74 Å². The molecule has 0 heterocycles. The average Bonchev–Trinajstić information content (AvgIpc) is 2.36. The van der Waals surface area contributed by atoms with Crippen molar-refractivity contribution in [3.63, 3.8) is 0 Å². The van der Waals surface area contributed by atoms with Crippen LogP contribution in [0.3, 0.4) is 0 Å². The van der Waals surface area contributed by atoms with Gasteiger partial charge in [-0.15, -0.1) is 0 Å². The number of rotatable bonds is 6. The molecule has 19 heavy (non-hydrogen) atoms. The molecule has 0 aromatic rings. The van der Waals surface area contributed by atoms with Crippen molar-refractivity contribution in [1.82, 2.24) is 0 Å². The molecule has 0 saturated heterocycles. The molecule has 0 fully saturated rings. The number of hydrogen-bond acceptors (Lipinski definition) is 4. The molecular formula is C15H24O4. The van der Waals surface area contributed by atoms with Crippen molar-refractivity contribution < 1.29 is 19.1 Å². The Kier molecular flexibility index (Phi) is 12.9. The van der Waals surface area contributed by atoms with Crippen molar-refractivity contribution in [2.75, 3.05) is 6.61 Å². The van der Waals surface area contributed by atoms with E-state index in [1.165, 1.54) is 6.26 Å². The van der Waals surface area contributed by atoms with Crippen molar-refractivity contribution in [3.8, 4) is 0 Å². The first-order valence-corrected chi connectivity index (χ1v) is 6.03. The molecule has 0 aromatic heterocycles. The maximum Gasteiger partial charge on any atom is 0.313 e. The van der Waals surface area contributed by atoms with Crippen LogP contribution in [0.25, 0.3) is 0 Å². The first-order chi connectivity index (χ1) is 8.84. The fourth-order valence-corrected chi connectivity index (χ4v) is 0.589. The van der Waals surface area contributed by atoms with Gasteiger partial charge in [0.1, 0.15) is 6.61 Å². The van der Waals surface area contributed by atoms with Crippen molar-refractivity contribution in [3.05, 3.63) is 36.1 Å². The number of esters is 1. The summed E-state index contributed by atoms with van der Waals surface area (Å²) in [5.41, 5.74) is 2.01. The van der Waals surface area contributed by atoms with Crippen LogP contribution < -0.4 is 0 Å². The Balaban J connectivity index is 0. The van der Waals surface area contributed by atoms with E-state index < -0.39 is 0 Å². The van der Waals surface area contributed by atoms with Gasteiger partial charge in [-0.25, -0.2) is 0 Å². The molecule has 0 radical (unpaired) electrons. The fourth-order valence-electron chi connectivity index (χ4n) is 0.589. The lowest BCUT2D eigenvalue weighted by Crippen LogP contribution is -2.07. The first kappa shape index (κ1) is 19.5. The van der Waals surface area contributed by atoms with Gasteiger partial charge in [-0.3, -0.25) is 9.59 Å². The van der Waals surface area contributed by atoms with Gasteiger partial charge >= 0.3 is 5.97 Å². The second kappa shape index (κ2) is 12.6. The summed E-state index contributed by atoms with van der Waals surface area (Å²) < 4.78 is 9.17. The molecule has 0 spiro atoms. The molecule has 0 atom stereocenters. The summed E-state index contributed by atoms with van der Waals surface area (Å²) in [5, 5.41) is 0. The van der Waals surface area contributed by atoms with E-state index in [0.717, 1.165) is 11.1 Å². The van der Waals surface area contributed by atoms with Crippen molar-refractivity contribution in [1.29, 1.82) is 0 Å². The highest BCUT2D eigenvalue weighted by atomic mass is 16.5. The molecule has 0 aromatic carbocycles. The van der Waals surface area contributed by atoms with Gasteiger partial charge in [-0.2, -0.15) is 0 Å². The second-order valence-electron chi connectivity index (χ2n) is 4.37. The monoisotopic (exact) mass is 268 g/mol. The lowest BCUT2D eigenvalue weighted by molar-refractivity contribution is -0.141. The minimum absolute atomic E-state index is 0.0798. The Morgan fingerprint density at radius 3 is 2.21 bits per heavy atom. The van der Waals surface area contributed by atoms with Gasteiger partial charge in [0.2, 0.25) is 0 Å². The second-order valence-corrected chi connectivity index (χ2v) is 4.37. The highest BCUT2D eigenvalue weighted by Gasteiger charge is 2.05. The zero-order valence-corrected chi connectivity index (χ0v) is 12.4. The Bertz CT molecular complexity index is 334. The number of ether oxygens (including phenoxy) is 2. The van der Waals surface area contributed by atoms with Crippen LogP contribution in [0.2, 0.25) is 0 Å². The number of hydrogen-bond donors (Lipinski definition) is 0. The molecule has 0 N–H and O–H groups in total. The minimum atomic E-state index is -0.216. The lowest BCUT2D eigenvalue weighted by Gasteiger charge is -2.01. The molecule has 0 aliphatic rings. The SMILES string of the molecule is C=CC(C)=COC(=O)C(C)C.CC(C)=CCOC=O. The summed E-state index contributed by atoms with van der Waals surface area (Å²) in [6, 6.07) is 0. The van der Waals surface area contributed by atoms with Crippen LogP contribution in [0, 0.1) is 5.92 Å². The molecule has 0 aliphatic carbocycles. The van der Waals surface area contributed by atoms with E-state index in [-0.39, 0.29) is 11.9 Å². The maximum atomic E-state index is 10.9. The van der Waals surface area contributed by atoms with E-state index in [2.05, 4.69) is 11.3 Å². The van der Waals surface area contributed by atoms with E-state index in [0.29, 0.717) is 13.1 Å². The summed E-state index contributed by atoms with van der Waals surface area (Å²) in [5.74, 6) is -0.296. The fraction of sp³-hybridized carbons (Fsp3) is 0.467. The standard InChI is InChI=1S/C9H14O2.C6H10O2/c1-5-8(4)6-11-9(10)7(2)3;1-6(2)3-4-8-5-7/h5-7H,1H2,2-4H3;3,5H,4H2,1-2H3. The van der Waals surface area contributed by atoms with Crippen LogP contribution in [0.1, 0.15) is 34.6 Å². The largest absolute Gasteiger partial charge is 0.464 e. The topological polar surface area (TPSA) is 52.6 Å². The van der Waals surface area contributed by atoms with E-state index in [1.807, 2.05) is 26.8 Å². The summed E-state index contributed by atoms with van der Waals surface area (Å²) in [4.78, 5) is 20.4. The predicted molar refractivity (Wildman–Crippen MR) is 76.3 cm³/mol. The van der Waals surface area contributed by atoms with Crippen LogP contribution in [-0.2, 0) is 19.1 Å². The van der Waals surface area contributed by atoms with Crippen LogP contribution in [-0.4, -0.2) is 19.0 Å². The third-order valence-corrected chi connectivity index (χ3v) is 1.81. The Hall–Kier alpha value is -1.84. The third-order valence-electron chi connectivity index (χ3n) is 1.81. The molecule has 0 bridgehead atoms. The van der Waals surface area contributed by atoms with Gasteiger partial charge in [-0.05, 0) is 32.4 Å². The molecule has 0 amide bonds. The maximum absolute atomic E-state index is 10.9. The van der Waals surface area contributed by atoms with Gasteiger partial charge in [0.05, 0.1) is 12.2 Å². The van der Waals surface area contributed by atoms with Gasteiger partial charge < -0.3 is 9.47 Å². The third kappa shape index (κ3) is 16.2. The van der Waals surface area contributed by atoms with Crippen LogP contribution in [0.5, 0.6) is 0 Å². The summed E-state index contributed by atoms with van der Waals surface area (Å²) in [7, 11) is 0. The van der Waals surface area contributed by atoms with Gasteiger partial charge in [0.15, 0.2) is 0 Å². The predicted octanol–water partition coefficient (Wildman–Crippen LogP) is 3.40. The summed E-state index contributed by atoms with van der Waals surface area (Å²) in [6.07, 6.45) is 4.89. The summed E-state index contributed by atoms with van der Waals surface area (Å²) >= 11 is 0. The van der Waals surface area contributed by atoms with Gasteiger partial charge in [-0.1, -0.05) is 32.1 Å². The van der Waals surface area contributed by atoms with Crippen LogP contribution in [0.15, 0.2) is 36.1 Å².